The molecule has 2 aromatic carbocycles. The molecule has 0 atom stereocenters. The number of amides is 2. The van der Waals surface area contributed by atoms with Crippen LogP contribution in [0.5, 0.6) is 0 Å². The molecule has 0 saturated carbocycles. The lowest BCUT2D eigenvalue weighted by atomic mass is 10.1. The van der Waals surface area contributed by atoms with Crippen LogP contribution in [0.25, 0.3) is 0 Å². The van der Waals surface area contributed by atoms with E-state index in [1.807, 2.05) is 0 Å². The fraction of sp³-hybridized carbons (Fsp3) is 0.222. The number of benzene rings is 2. The molecule has 1 aliphatic heterocycles. The first-order valence-corrected chi connectivity index (χ1v) is 8.07. The average molecular weight is 393 g/mol. The lowest BCUT2D eigenvalue weighted by molar-refractivity contribution is -0.384. The van der Waals surface area contributed by atoms with Gasteiger partial charge in [0.05, 0.1) is 28.3 Å². The van der Waals surface area contributed by atoms with Crippen LogP contribution in [0, 0.1) is 10.1 Å². The topological polar surface area (TPSA) is 83.8 Å². The number of hydrogen-bond acceptors (Lipinski definition) is 5. The summed E-state index contributed by atoms with van der Waals surface area (Å²) in [5, 5.41) is 10.9. The maximum absolute atomic E-state index is 12.6. The predicted molar refractivity (Wildman–Crippen MR) is 91.4 cm³/mol. The number of non-ortho nitro benzene ring substituents is 1. The number of halogens is 3. The zero-order valence-corrected chi connectivity index (χ0v) is 14.6. The second-order valence-electron chi connectivity index (χ2n) is 6.38. The van der Waals surface area contributed by atoms with Gasteiger partial charge in [-0.05, 0) is 30.8 Å². The van der Waals surface area contributed by atoms with Crippen LogP contribution in [-0.4, -0.2) is 40.3 Å². The van der Waals surface area contributed by atoms with Crippen molar-refractivity contribution in [2.45, 2.75) is 12.7 Å². The predicted octanol–water partition coefficient (Wildman–Crippen LogP) is 3.30. The largest absolute Gasteiger partial charge is 0.416 e. The molecule has 2 amide bonds. The molecule has 1 aliphatic rings. The van der Waals surface area contributed by atoms with Gasteiger partial charge in [-0.15, -0.1) is 0 Å². The van der Waals surface area contributed by atoms with Gasteiger partial charge in [0.25, 0.3) is 17.5 Å². The monoisotopic (exact) mass is 393 g/mol. The van der Waals surface area contributed by atoms with Crippen LogP contribution in [0.3, 0.4) is 0 Å². The van der Waals surface area contributed by atoms with E-state index in [4.69, 9.17) is 0 Å². The van der Waals surface area contributed by atoms with E-state index in [-0.39, 0.29) is 30.0 Å². The van der Waals surface area contributed by atoms with Crippen molar-refractivity contribution in [2.75, 3.05) is 13.7 Å². The summed E-state index contributed by atoms with van der Waals surface area (Å²) in [6, 6.07) is 8.03. The molecule has 0 radical (unpaired) electrons. The Hall–Kier alpha value is -3.27. The summed E-state index contributed by atoms with van der Waals surface area (Å²) < 4.78 is 37.8. The molecule has 0 spiro atoms. The Kier molecular flexibility index (Phi) is 4.90. The molecule has 0 bridgehead atoms. The number of alkyl halides is 3. The third-order valence-corrected chi connectivity index (χ3v) is 4.28. The van der Waals surface area contributed by atoms with Crippen LogP contribution in [0.2, 0.25) is 0 Å². The van der Waals surface area contributed by atoms with Crippen LogP contribution in [0.4, 0.5) is 18.9 Å². The summed E-state index contributed by atoms with van der Waals surface area (Å²) in [6.45, 7) is 0.0901. The number of fused-ring (bicyclic) bond motifs is 1. The zero-order chi connectivity index (χ0) is 20.6. The molecule has 0 aromatic heterocycles. The van der Waals surface area contributed by atoms with Crippen LogP contribution in [0.1, 0.15) is 31.8 Å². The van der Waals surface area contributed by atoms with E-state index in [9.17, 15) is 32.9 Å². The molecule has 0 fully saturated rings. The van der Waals surface area contributed by atoms with Gasteiger partial charge in [0.1, 0.15) is 0 Å². The van der Waals surface area contributed by atoms with Crippen molar-refractivity contribution < 1.29 is 27.7 Å². The molecule has 7 nitrogen and oxygen atoms in total. The third-order valence-electron chi connectivity index (χ3n) is 4.28. The van der Waals surface area contributed by atoms with E-state index in [1.165, 1.54) is 18.2 Å². The van der Waals surface area contributed by atoms with Crippen LogP contribution < -0.4 is 0 Å². The van der Waals surface area contributed by atoms with Gasteiger partial charge in [0, 0.05) is 18.7 Å². The summed E-state index contributed by atoms with van der Waals surface area (Å²) in [6.07, 6.45) is -4.42. The lowest BCUT2D eigenvalue weighted by Gasteiger charge is -2.23. The van der Waals surface area contributed by atoms with Gasteiger partial charge < -0.3 is 0 Å². The smallest absolute Gasteiger partial charge is 0.284 e. The summed E-state index contributed by atoms with van der Waals surface area (Å²) >= 11 is 0. The average Bonchev–Trinajstić information content (AvgIpc) is 2.86. The van der Waals surface area contributed by atoms with Crippen LogP contribution in [0.15, 0.2) is 42.5 Å². The Bertz CT molecular complexity index is 958. The summed E-state index contributed by atoms with van der Waals surface area (Å²) in [4.78, 5) is 37.6. The Balaban J connectivity index is 1.70. The van der Waals surface area contributed by atoms with Crippen molar-refractivity contribution in [2.24, 2.45) is 0 Å². The molecule has 28 heavy (non-hydrogen) atoms. The number of carbonyl (C=O) groups is 2. The lowest BCUT2D eigenvalue weighted by Crippen LogP contribution is -2.39. The molecule has 0 saturated heterocycles. The fourth-order valence-corrected chi connectivity index (χ4v) is 2.92. The van der Waals surface area contributed by atoms with Gasteiger partial charge in [-0.25, -0.2) is 0 Å². The van der Waals surface area contributed by atoms with E-state index >= 15 is 0 Å². The molecular formula is C18H14F3N3O4. The number of carbonyl (C=O) groups excluding carboxylic acids is 2. The maximum atomic E-state index is 12.6. The van der Waals surface area contributed by atoms with E-state index in [1.54, 1.807) is 11.9 Å². The molecular weight excluding hydrogens is 379 g/mol. The Labute approximate surface area is 157 Å². The molecule has 0 unspecified atom stereocenters. The Morgan fingerprint density at radius 2 is 1.64 bits per heavy atom. The molecule has 1 heterocycles. The molecule has 146 valence electrons. The van der Waals surface area contributed by atoms with Gasteiger partial charge >= 0.3 is 6.18 Å². The maximum Gasteiger partial charge on any atom is 0.416 e. The van der Waals surface area contributed by atoms with Gasteiger partial charge in [-0.2, -0.15) is 13.2 Å². The van der Waals surface area contributed by atoms with Gasteiger partial charge in [0.2, 0.25) is 0 Å². The number of hydrogen-bond donors (Lipinski definition) is 0. The van der Waals surface area contributed by atoms with Crippen LogP contribution in [-0.2, 0) is 12.7 Å². The minimum absolute atomic E-state index is 0.0397. The SMILES string of the molecule is CN(Cc1ccc(C(F)(F)F)cc1)CN1C(=O)c2ccc([N+](=O)[O-])cc2C1=O. The highest BCUT2D eigenvalue weighted by molar-refractivity contribution is 6.21. The number of imide groups is 1. The number of nitrogens with zero attached hydrogens (tertiary/aromatic N) is 3. The number of nitro groups is 1. The number of rotatable bonds is 5. The summed E-state index contributed by atoms with van der Waals surface area (Å²) in [5.41, 5.74) is -0.441. The highest BCUT2D eigenvalue weighted by Crippen LogP contribution is 2.29. The van der Waals surface area contributed by atoms with Crippen molar-refractivity contribution >= 4 is 17.5 Å². The van der Waals surface area contributed by atoms with Crippen molar-refractivity contribution in [3.05, 3.63) is 74.8 Å². The van der Waals surface area contributed by atoms with E-state index in [2.05, 4.69) is 0 Å². The third kappa shape index (κ3) is 3.72. The fourth-order valence-electron chi connectivity index (χ4n) is 2.92. The quantitative estimate of drug-likeness (QED) is 0.442. The van der Waals surface area contributed by atoms with Crippen LogP contribution >= 0.6 is 0 Å². The van der Waals surface area contributed by atoms with Gasteiger partial charge in [-0.1, -0.05) is 12.1 Å². The van der Waals surface area contributed by atoms with Crippen molar-refractivity contribution in [3.63, 3.8) is 0 Å². The first-order valence-electron chi connectivity index (χ1n) is 8.07. The minimum Gasteiger partial charge on any atom is -0.284 e. The molecule has 2 aromatic rings. The second-order valence-corrected chi connectivity index (χ2v) is 6.38. The second kappa shape index (κ2) is 7.04. The van der Waals surface area contributed by atoms with E-state index < -0.39 is 28.5 Å². The standard InChI is InChI=1S/C18H14F3N3O4/c1-22(9-11-2-4-12(5-3-11)18(19,20)21)10-23-16(25)14-7-6-13(24(27)28)8-15(14)17(23)26/h2-8H,9-10H2,1H3. The highest BCUT2D eigenvalue weighted by atomic mass is 19.4. The highest BCUT2D eigenvalue weighted by Gasteiger charge is 2.37. The summed E-state index contributed by atoms with van der Waals surface area (Å²) in [7, 11) is 1.60. The normalized spacial score (nSPS) is 14.0. The zero-order valence-electron chi connectivity index (χ0n) is 14.6. The van der Waals surface area contributed by atoms with Gasteiger partial charge in [0.15, 0.2) is 0 Å². The van der Waals surface area contributed by atoms with E-state index in [0.717, 1.165) is 29.2 Å². The minimum atomic E-state index is -4.42. The van der Waals surface area contributed by atoms with Gasteiger partial charge in [-0.3, -0.25) is 29.5 Å². The number of nitro benzene ring substituents is 1. The summed E-state index contributed by atoms with van der Waals surface area (Å²) in [5.74, 6) is -1.22. The van der Waals surface area contributed by atoms with Crippen molar-refractivity contribution in [3.8, 4) is 0 Å². The molecule has 0 N–H and O–H groups in total. The Morgan fingerprint density at radius 1 is 1.04 bits per heavy atom. The molecule has 3 rings (SSSR count). The Morgan fingerprint density at radius 3 is 2.21 bits per heavy atom. The first kappa shape index (κ1) is 19.5. The molecule has 0 aliphatic carbocycles. The van der Waals surface area contributed by atoms with E-state index in [0.29, 0.717) is 5.56 Å². The van der Waals surface area contributed by atoms with Crippen molar-refractivity contribution in [1.29, 1.82) is 0 Å². The first-order chi connectivity index (χ1) is 13.1. The molecule has 10 heteroatoms. The van der Waals surface area contributed by atoms with Crippen molar-refractivity contribution in [1.82, 2.24) is 9.80 Å².